The van der Waals surface area contributed by atoms with Crippen molar-refractivity contribution in [2.45, 2.75) is 37.6 Å². The zero-order valence-corrected chi connectivity index (χ0v) is 9.93. The van der Waals surface area contributed by atoms with Crippen LogP contribution in [-0.4, -0.2) is 59.1 Å². The van der Waals surface area contributed by atoms with Gasteiger partial charge in [-0.1, -0.05) is 0 Å². The molecule has 5 atom stereocenters. The molecule has 0 aromatic heterocycles. The van der Waals surface area contributed by atoms with Crippen molar-refractivity contribution < 1.29 is 23.7 Å². The predicted octanol–water partition coefficient (Wildman–Crippen LogP) is 0.423. The second-order valence-electron chi connectivity index (χ2n) is 3.55. The van der Waals surface area contributed by atoms with Crippen LogP contribution < -0.4 is 0 Å². The van der Waals surface area contributed by atoms with Crippen LogP contribution in [0.3, 0.4) is 0 Å². The first-order valence-corrected chi connectivity index (χ1v) is 4.96. The summed E-state index contributed by atoms with van der Waals surface area (Å²) in [6.45, 7) is 1.93. The quantitative estimate of drug-likeness (QED) is 0.687. The number of ether oxygens (including phenoxy) is 5. The zero-order valence-electron chi connectivity index (χ0n) is 9.93. The lowest BCUT2D eigenvalue weighted by molar-refractivity contribution is -0.298. The molecule has 5 heteroatoms. The highest BCUT2D eigenvalue weighted by Crippen LogP contribution is 2.26. The van der Waals surface area contributed by atoms with Gasteiger partial charge in [0.2, 0.25) is 0 Å². The van der Waals surface area contributed by atoms with E-state index in [0.29, 0.717) is 0 Å². The van der Waals surface area contributed by atoms with E-state index in [4.69, 9.17) is 23.7 Å². The number of hydrogen-bond acceptors (Lipinski definition) is 5. The molecule has 0 aliphatic carbocycles. The summed E-state index contributed by atoms with van der Waals surface area (Å²) in [5.74, 6) is 0. The summed E-state index contributed by atoms with van der Waals surface area (Å²) in [6, 6.07) is 0. The van der Waals surface area contributed by atoms with E-state index in [1.165, 1.54) is 0 Å². The van der Waals surface area contributed by atoms with Crippen molar-refractivity contribution in [3.05, 3.63) is 0 Å². The highest BCUT2D eigenvalue weighted by atomic mass is 16.7. The fourth-order valence-electron chi connectivity index (χ4n) is 2.00. The van der Waals surface area contributed by atoms with Gasteiger partial charge in [0.05, 0.1) is 6.10 Å². The molecule has 15 heavy (non-hydrogen) atoms. The van der Waals surface area contributed by atoms with Gasteiger partial charge in [-0.05, 0) is 6.92 Å². The Morgan fingerprint density at radius 3 is 1.67 bits per heavy atom. The topological polar surface area (TPSA) is 46.2 Å². The van der Waals surface area contributed by atoms with E-state index in [-0.39, 0.29) is 24.4 Å². The van der Waals surface area contributed by atoms with Gasteiger partial charge in [-0.25, -0.2) is 0 Å². The van der Waals surface area contributed by atoms with Gasteiger partial charge in [0, 0.05) is 28.4 Å². The number of hydrogen-bond donors (Lipinski definition) is 0. The maximum Gasteiger partial charge on any atom is 0.186 e. The fourth-order valence-corrected chi connectivity index (χ4v) is 2.00. The molecular formula is C10H20O5. The molecule has 90 valence electrons. The van der Waals surface area contributed by atoms with Gasteiger partial charge in [-0.15, -0.1) is 0 Å². The summed E-state index contributed by atoms with van der Waals surface area (Å²) in [5, 5.41) is 0. The molecule has 0 aromatic carbocycles. The third kappa shape index (κ3) is 2.49. The number of rotatable bonds is 4. The Labute approximate surface area is 90.6 Å². The highest BCUT2D eigenvalue weighted by molar-refractivity contribution is 4.90. The minimum absolute atomic E-state index is 0.0868. The predicted molar refractivity (Wildman–Crippen MR) is 53.7 cm³/mol. The second kappa shape index (κ2) is 5.77. The van der Waals surface area contributed by atoms with Crippen molar-refractivity contribution in [2.24, 2.45) is 0 Å². The molecule has 1 aliphatic rings. The van der Waals surface area contributed by atoms with Crippen LogP contribution in [0, 0.1) is 0 Å². The first kappa shape index (κ1) is 12.9. The number of methoxy groups -OCH3 is 4. The van der Waals surface area contributed by atoms with E-state index < -0.39 is 6.29 Å². The van der Waals surface area contributed by atoms with Crippen LogP contribution in [0.2, 0.25) is 0 Å². The molecular weight excluding hydrogens is 200 g/mol. The Kier molecular flexibility index (Phi) is 4.95. The lowest BCUT2D eigenvalue weighted by Gasteiger charge is -2.43. The molecule has 1 aliphatic heterocycles. The van der Waals surface area contributed by atoms with Crippen molar-refractivity contribution >= 4 is 0 Å². The van der Waals surface area contributed by atoms with Crippen molar-refractivity contribution in [1.29, 1.82) is 0 Å². The van der Waals surface area contributed by atoms with Crippen molar-refractivity contribution in [1.82, 2.24) is 0 Å². The van der Waals surface area contributed by atoms with Gasteiger partial charge in [0.15, 0.2) is 6.29 Å². The molecule has 0 unspecified atom stereocenters. The highest BCUT2D eigenvalue weighted by Gasteiger charge is 2.45. The molecule has 0 saturated carbocycles. The van der Waals surface area contributed by atoms with Crippen LogP contribution in [0.15, 0.2) is 0 Å². The van der Waals surface area contributed by atoms with Crippen LogP contribution in [0.4, 0.5) is 0 Å². The molecule has 0 radical (unpaired) electrons. The third-order valence-corrected chi connectivity index (χ3v) is 2.78. The largest absolute Gasteiger partial charge is 0.376 e. The molecule has 0 aromatic rings. The van der Waals surface area contributed by atoms with Gasteiger partial charge in [0.1, 0.15) is 18.3 Å². The fraction of sp³-hybridized carbons (Fsp3) is 1.00. The molecule has 1 rings (SSSR count). The van der Waals surface area contributed by atoms with E-state index in [1.807, 2.05) is 6.92 Å². The normalized spacial score (nSPS) is 41.8. The van der Waals surface area contributed by atoms with Crippen LogP contribution in [0.1, 0.15) is 6.92 Å². The van der Waals surface area contributed by atoms with Crippen LogP contribution in [0.5, 0.6) is 0 Å². The molecule has 0 amide bonds. The SMILES string of the molecule is CO[C@@H]1O[C@@H](C)[C@@H](OC)[C@@H](OC)[C@H]1OC. The lowest BCUT2D eigenvalue weighted by atomic mass is 9.99. The van der Waals surface area contributed by atoms with E-state index in [0.717, 1.165) is 0 Å². The Morgan fingerprint density at radius 2 is 1.27 bits per heavy atom. The second-order valence-corrected chi connectivity index (χ2v) is 3.55. The Morgan fingerprint density at radius 1 is 0.733 bits per heavy atom. The summed E-state index contributed by atoms with van der Waals surface area (Å²) >= 11 is 0. The molecule has 0 bridgehead atoms. The van der Waals surface area contributed by atoms with Gasteiger partial charge in [-0.2, -0.15) is 0 Å². The average molecular weight is 220 g/mol. The molecule has 5 nitrogen and oxygen atoms in total. The van der Waals surface area contributed by atoms with E-state index in [1.54, 1.807) is 28.4 Å². The summed E-state index contributed by atoms with van der Waals surface area (Å²) < 4.78 is 26.9. The van der Waals surface area contributed by atoms with E-state index in [9.17, 15) is 0 Å². The smallest absolute Gasteiger partial charge is 0.186 e. The average Bonchev–Trinajstić information content (AvgIpc) is 2.27. The van der Waals surface area contributed by atoms with Gasteiger partial charge in [-0.3, -0.25) is 0 Å². The van der Waals surface area contributed by atoms with Gasteiger partial charge >= 0.3 is 0 Å². The molecule has 1 fully saturated rings. The van der Waals surface area contributed by atoms with Crippen molar-refractivity contribution in [2.75, 3.05) is 28.4 Å². The summed E-state index contributed by atoms with van der Waals surface area (Å²) in [5.41, 5.74) is 0. The standard InChI is InChI=1S/C10H20O5/c1-6-7(11-2)8(12-3)9(13-4)10(14-5)15-6/h6-10H,1-5H3/t6-,7+,8+,9+,10+/m0/s1. The minimum Gasteiger partial charge on any atom is -0.376 e. The maximum absolute atomic E-state index is 5.62. The molecule has 0 N–H and O–H groups in total. The van der Waals surface area contributed by atoms with Crippen LogP contribution in [-0.2, 0) is 23.7 Å². The first-order valence-electron chi connectivity index (χ1n) is 4.96. The van der Waals surface area contributed by atoms with Gasteiger partial charge < -0.3 is 23.7 Å². The minimum atomic E-state index is -0.415. The Bertz CT molecular complexity index is 187. The summed E-state index contributed by atoms with van der Waals surface area (Å²) in [6.07, 6.45) is -1.11. The van der Waals surface area contributed by atoms with Crippen molar-refractivity contribution in [3.8, 4) is 0 Å². The first-order chi connectivity index (χ1) is 7.19. The van der Waals surface area contributed by atoms with E-state index >= 15 is 0 Å². The molecule has 1 heterocycles. The molecule has 0 spiro atoms. The lowest BCUT2D eigenvalue weighted by Crippen LogP contribution is -2.59. The monoisotopic (exact) mass is 220 g/mol. The van der Waals surface area contributed by atoms with Crippen LogP contribution in [0.25, 0.3) is 0 Å². The van der Waals surface area contributed by atoms with Gasteiger partial charge in [0.25, 0.3) is 0 Å². The maximum atomic E-state index is 5.62. The Hall–Kier alpha value is -0.200. The zero-order chi connectivity index (χ0) is 11.4. The van der Waals surface area contributed by atoms with Crippen LogP contribution >= 0.6 is 0 Å². The Balaban J connectivity index is 2.80. The molecule has 1 saturated heterocycles. The third-order valence-electron chi connectivity index (χ3n) is 2.78. The summed E-state index contributed by atoms with van der Waals surface area (Å²) in [7, 11) is 6.46. The van der Waals surface area contributed by atoms with Crippen molar-refractivity contribution in [3.63, 3.8) is 0 Å². The van der Waals surface area contributed by atoms with E-state index in [2.05, 4.69) is 0 Å². The summed E-state index contributed by atoms with van der Waals surface area (Å²) in [4.78, 5) is 0.